The van der Waals surface area contributed by atoms with E-state index in [0.29, 0.717) is 25.9 Å². The van der Waals surface area contributed by atoms with Crippen LogP contribution in [0.15, 0.2) is 0 Å². The molecular weight excluding hydrogens is 234 g/mol. The molecule has 0 spiro atoms. The fourth-order valence-electron chi connectivity index (χ4n) is 0.614. The van der Waals surface area contributed by atoms with Crippen molar-refractivity contribution in [2.24, 2.45) is 11.5 Å². The first kappa shape index (κ1) is 22.1. The van der Waals surface area contributed by atoms with Gasteiger partial charge in [0.25, 0.3) is 0 Å². The monoisotopic (exact) mass is 252 g/mol. The van der Waals surface area contributed by atoms with Crippen LogP contribution in [0.4, 0.5) is 0 Å². The Morgan fingerprint density at radius 1 is 0.875 bits per heavy atom. The van der Waals surface area contributed by atoms with Gasteiger partial charge in [0.2, 0.25) is 0 Å². The van der Waals surface area contributed by atoms with Crippen LogP contribution in [0.1, 0.15) is 15.7 Å². The molecule has 86 valence electrons. The summed E-state index contributed by atoms with van der Waals surface area (Å²) in [7, 11) is 0. The molecule has 0 rings (SSSR count). The molecule has 0 heterocycles. The third-order valence-electron chi connectivity index (χ3n) is 1.33. The smallest absolute Gasteiger partial charge is 1.00 e. The zero-order valence-corrected chi connectivity index (χ0v) is 14.0. The zero-order chi connectivity index (χ0) is 10.8. The molecule has 8 heteroatoms. The standard InChI is InChI=1S/C8H16N2O4.2Na.2H/c9-3-1-5-13-7(11)8(12)14-6-2-4-10;;;;/h1-6,9-10H2;;;;/q;2*+1;2*-1. The van der Waals surface area contributed by atoms with E-state index in [0.717, 1.165) is 0 Å². The van der Waals surface area contributed by atoms with Gasteiger partial charge >= 0.3 is 71.1 Å². The molecule has 0 unspecified atom stereocenters. The third kappa shape index (κ3) is 12.9. The summed E-state index contributed by atoms with van der Waals surface area (Å²) >= 11 is 0. The van der Waals surface area contributed by atoms with Gasteiger partial charge in [-0.1, -0.05) is 0 Å². The second-order valence-corrected chi connectivity index (χ2v) is 2.56. The molecule has 0 aliphatic rings. The van der Waals surface area contributed by atoms with Crippen molar-refractivity contribution in [3.63, 3.8) is 0 Å². The molecule has 0 bridgehead atoms. The zero-order valence-electron chi connectivity index (χ0n) is 12.0. The molecule has 0 fully saturated rings. The Morgan fingerprint density at radius 2 is 1.19 bits per heavy atom. The van der Waals surface area contributed by atoms with E-state index >= 15 is 0 Å². The van der Waals surface area contributed by atoms with E-state index in [1.165, 1.54) is 0 Å². The van der Waals surface area contributed by atoms with Gasteiger partial charge in [0, 0.05) is 0 Å². The summed E-state index contributed by atoms with van der Waals surface area (Å²) in [5.41, 5.74) is 10.3. The maximum atomic E-state index is 10.8. The number of carbonyl (C=O) groups excluding carboxylic acids is 2. The van der Waals surface area contributed by atoms with Gasteiger partial charge in [-0.3, -0.25) is 0 Å². The predicted octanol–water partition coefficient (Wildman–Crippen LogP) is -7.00. The SMILES string of the molecule is NCCCOC(=O)C(=O)OCCCN.[H-].[H-].[Na+].[Na+]. The fraction of sp³-hybridized carbons (Fsp3) is 0.750. The Bertz CT molecular complexity index is 182. The molecule has 0 atom stereocenters. The van der Waals surface area contributed by atoms with Crippen LogP contribution in [0.5, 0.6) is 0 Å². The fourth-order valence-corrected chi connectivity index (χ4v) is 0.614. The first-order valence-corrected chi connectivity index (χ1v) is 4.46. The van der Waals surface area contributed by atoms with Gasteiger partial charge in [0.05, 0.1) is 13.2 Å². The van der Waals surface area contributed by atoms with Crippen molar-refractivity contribution in [3.8, 4) is 0 Å². The van der Waals surface area contributed by atoms with Gasteiger partial charge in [-0.25, -0.2) is 9.59 Å². The van der Waals surface area contributed by atoms with Crippen LogP contribution in [0.2, 0.25) is 0 Å². The minimum Gasteiger partial charge on any atom is -1.00 e. The van der Waals surface area contributed by atoms with Crippen LogP contribution in [-0.2, 0) is 19.1 Å². The molecule has 0 aliphatic carbocycles. The molecule has 0 radical (unpaired) electrons. The van der Waals surface area contributed by atoms with Crippen molar-refractivity contribution in [1.82, 2.24) is 0 Å². The molecule has 0 aromatic heterocycles. The van der Waals surface area contributed by atoms with E-state index < -0.39 is 11.9 Å². The maximum absolute atomic E-state index is 10.8. The second kappa shape index (κ2) is 15.9. The van der Waals surface area contributed by atoms with Crippen LogP contribution < -0.4 is 70.6 Å². The first-order valence-electron chi connectivity index (χ1n) is 4.46. The second-order valence-electron chi connectivity index (χ2n) is 2.56. The summed E-state index contributed by atoms with van der Waals surface area (Å²) in [6.07, 6.45) is 1.06. The van der Waals surface area contributed by atoms with Gasteiger partial charge in [-0.2, -0.15) is 0 Å². The van der Waals surface area contributed by atoms with E-state index in [9.17, 15) is 9.59 Å². The quantitative estimate of drug-likeness (QED) is 0.211. The van der Waals surface area contributed by atoms with Crippen molar-refractivity contribution in [2.75, 3.05) is 26.3 Å². The Morgan fingerprint density at radius 3 is 1.44 bits per heavy atom. The number of nitrogens with two attached hydrogens (primary N) is 2. The van der Waals surface area contributed by atoms with E-state index in [4.69, 9.17) is 11.5 Å². The summed E-state index contributed by atoms with van der Waals surface area (Å²) in [6.45, 7) is 1.10. The van der Waals surface area contributed by atoms with Crippen molar-refractivity contribution in [2.45, 2.75) is 12.8 Å². The van der Waals surface area contributed by atoms with E-state index in [2.05, 4.69) is 9.47 Å². The van der Waals surface area contributed by atoms with Crippen LogP contribution in [0.3, 0.4) is 0 Å². The van der Waals surface area contributed by atoms with Crippen LogP contribution >= 0.6 is 0 Å². The van der Waals surface area contributed by atoms with Gasteiger partial charge in [0.1, 0.15) is 0 Å². The molecule has 16 heavy (non-hydrogen) atoms. The van der Waals surface area contributed by atoms with Crippen molar-refractivity contribution < 1.29 is 81.0 Å². The molecule has 4 N–H and O–H groups in total. The molecule has 6 nitrogen and oxygen atoms in total. The van der Waals surface area contributed by atoms with Crippen molar-refractivity contribution >= 4 is 11.9 Å². The average molecular weight is 252 g/mol. The normalized spacial score (nSPS) is 8.38. The number of carbonyl (C=O) groups is 2. The van der Waals surface area contributed by atoms with E-state index in [-0.39, 0.29) is 75.2 Å². The number of hydrogen-bond donors (Lipinski definition) is 2. The molecule has 0 saturated heterocycles. The summed E-state index contributed by atoms with van der Waals surface area (Å²) in [6, 6.07) is 0. The number of ether oxygens (including phenoxy) is 2. The molecular formula is C8H18N2Na2O4. The Hall–Kier alpha value is 0.860. The molecule has 0 amide bonds. The van der Waals surface area contributed by atoms with E-state index in [1.807, 2.05) is 0 Å². The first-order chi connectivity index (χ1) is 6.72. The van der Waals surface area contributed by atoms with Crippen LogP contribution in [0.25, 0.3) is 0 Å². The number of hydrogen-bond acceptors (Lipinski definition) is 6. The topological polar surface area (TPSA) is 105 Å². The average Bonchev–Trinajstić information content (AvgIpc) is 2.18. The van der Waals surface area contributed by atoms with Crippen LogP contribution in [-0.4, -0.2) is 38.2 Å². The Balaban J connectivity index is -0.000000141. The maximum Gasteiger partial charge on any atom is 1.00 e. The van der Waals surface area contributed by atoms with Crippen molar-refractivity contribution in [3.05, 3.63) is 0 Å². The summed E-state index contributed by atoms with van der Waals surface area (Å²) in [4.78, 5) is 21.7. The molecule has 0 aliphatic heterocycles. The summed E-state index contributed by atoms with van der Waals surface area (Å²) in [5, 5.41) is 0. The molecule has 0 aromatic carbocycles. The molecule has 0 aromatic rings. The number of esters is 2. The molecule has 0 saturated carbocycles. The largest absolute Gasteiger partial charge is 1.00 e. The Labute approximate surface area is 142 Å². The van der Waals surface area contributed by atoms with Gasteiger partial charge in [-0.15, -0.1) is 0 Å². The Kier molecular flexibility index (Phi) is 21.9. The van der Waals surface area contributed by atoms with Gasteiger partial charge < -0.3 is 23.8 Å². The van der Waals surface area contributed by atoms with E-state index in [1.54, 1.807) is 0 Å². The minimum atomic E-state index is -0.976. The summed E-state index contributed by atoms with van der Waals surface area (Å²) < 4.78 is 9.10. The predicted molar refractivity (Wildman–Crippen MR) is 51.5 cm³/mol. The minimum absolute atomic E-state index is 0. The number of rotatable bonds is 6. The van der Waals surface area contributed by atoms with Crippen molar-refractivity contribution in [1.29, 1.82) is 0 Å². The third-order valence-corrected chi connectivity index (χ3v) is 1.33. The summed E-state index contributed by atoms with van der Waals surface area (Å²) in [5.74, 6) is -1.95. The van der Waals surface area contributed by atoms with Crippen LogP contribution in [0, 0.1) is 0 Å². The van der Waals surface area contributed by atoms with Gasteiger partial charge in [-0.05, 0) is 25.9 Å². The van der Waals surface area contributed by atoms with Gasteiger partial charge in [0.15, 0.2) is 0 Å².